The van der Waals surface area contributed by atoms with Gasteiger partial charge in [0.25, 0.3) is 0 Å². The molecule has 5 nitrogen and oxygen atoms in total. The molecular formula is C16H18N4OS. The minimum atomic E-state index is -0.0549. The Morgan fingerprint density at radius 3 is 2.73 bits per heavy atom. The molecule has 2 aromatic heterocycles. The van der Waals surface area contributed by atoms with Gasteiger partial charge in [-0.2, -0.15) is 0 Å². The molecule has 0 aliphatic heterocycles. The molecule has 114 valence electrons. The summed E-state index contributed by atoms with van der Waals surface area (Å²) in [5.74, 6) is 0.908. The molecular weight excluding hydrogens is 296 g/mol. The van der Waals surface area contributed by atoms with Crippen molar-refractivity contribution < 1.29 is 4.79 Å². The van der Waals surface area contributed by atoms with E-state index >= 15 is 0 Å². The van der Waals surface area contributed by atoms with E-state index in [1.165, 1.54) is 11.3 Å². The van der Waals surface area contributed by atoms with Crippen molar-refractivity contribution in [2.75, 3.05) is 5.32 Å². The monoisotopic (exact) mass is 314 g/mol. The zero-order valence-electron chi connectivity index (χ0n) is 13.1. The lowest BCUT2D eigenvalue weighted by Crippen LogP contribution is -2.14. The van der Waals surface area contributed by atoms with E-state index in [2.05, 4.69) is 15.3 Å². The first kappa shape index (κ1) is 14.7. The first-order valence-corrected chi connectivity index (χ1v) is 7.91. The minimum Gasteiger partial charge on any atom is -0.331 e. The molecule has 0 fully saturated rings. The van der Waals surface area contributed by atoms with Crippen LogP contribution in [0.15, 0.2) is 18.2 Å². The SMILES string of the molecule is Cc1nc(NC(=O)Cc2ccc3c(c2)nc(C)n3C)sc1C. The number of hydrogen-bond donors (Lipinski definition) is 1. The highest BCUT2D eigenvalue weighted by Crippen LogP contribution is 2.21. The molecule has 22 heavy (non-hydrogen) atoms. The van der Waals surface area contributed by atoms with Crippen molar-refractivity contribution in [3.63, 3.8) is 0 Å². The maximum Gasteiger partial charge on any atom is 0.230 e. The summed E-state index contributed by atoms with van der Waals surface area (Å²) >= 11 is 1.50. The van der Waals surface area contributed by atoms with Crippen LogP contribution in [-0.4, -0.2) is 20.4 Å². The number of hydrogen-bond acceptors (Lipinski definition) is 4. The van der Waals surface area contributed by atoms with Crippen LogP contribution in [0.1, 0.15) is 22.0 Å². The van der Waals surface area contributed by atoms with E-state index in [9.17, 15) is 4.79 Å². The summed E-state index contributed by atoms with van der Waals surface area (Å²) in [5.41, 5.74) is 3.91. The standard InChI is InChI=1S/C16H18N4OS/c1-9-10(2)22-16(17-9)19-15(21)8-12-5-6-14-13(7-12)18-11(3)20(14)4/h5-7H,8H2,1-4H3,(H,17,19,21). The number of rotatable bonds is 3. The lowest BCUT2D eigenvalue weighted by Gasteiger charge is -2.03. The van der Waals surface area contributed by atoms with Gasteiger partial charge in [-0.3, -0.25) is 4.79 Å². The van der Waals surface area contributed by atoms with Crippen LogP contribution in [0.4, 0.5) is 5.13 Å². The molecule has 1 amide bonds. The average molecular weight is 314 g/mol. The highest BCUT2D eigenvalue weighted by molar-refractivity contribution is 7.15. The molecule has 0 aliphatic carbocycles. The van der Waals surface area contributed by atoms with Crippen LogP contribution < -0.4 is 5.32 Å². The number of fused-ring (bicyclic) bond motifs is 1. The van der Waals surface area contributed by atoms with Crippen LogP contribution in [0, 0.1) is 20.8 Å². The number of aryl methyl sites for hydroxylation is 4. The molecule has 2 heterocycles. The van der Waals surface area contributed by atoms with E-state index in [-0.39, 0.29) is 5.91 Å². The van der Waals surface area contributed by atoms with Crippen LogP contribution in [-0.2, 0) is 18.3 Å². The van der Waals surface area contributed by atoms with Gasteiger partial charge >= 0.3 is 0 Å². The van der Waals surface area contributed by atoms with Crippen LogP contribution in [0.3, 0.4) is 0 Å². The fourth-order valence-electron chi connectivity index (χ4n) is 2.35. The highest BCUT2D eigenvalue weighted by Gasteiger charge is 2.10. The van der Waals surface area contributed by atoms with Crippen molar-refractivity contribution in [3.05, 3.63) is 40.2 Å². The van der Waals surface area contributed by atoms with Gasteiger partial charge in [-0.1, -0.05) is 6.07 Å². The topological polar surface area (TPSA) is 59.8 Å². The molecule has 0 atom stereocenters. The summed E-state index contributed by atoms with van der Waals surface area (Å²) in [6, 6.07) is 5.96. The summed E-state index contributed by atoms with van der Waals surface area (Å²) in [6.45, 7) is 5.92. The predicted octanol–water partition coefficient (Wildman–Crippen LogP) is 3.14. The van der Waals surface area contributed by atoms with Crippen LogP contribution >= 0.6 is 11.3 Å². The number of thiazole rings is 1. The van der Waals surface area contributed by atoms with Gasteiger partial charge in [0.2, 0.25) is 5.91 Å². The Morgan fingerprint density at radius 2 is 2.05 bits per heavy atom. The summed E-state index contributed by atoms with van der Waals surface area (Å²) < 4.78 is 2.04. The largest absolute Gasteiger partial charge is 0.331 e. The van der Waals surface area contributed by atoms with Crippen molar-refractivity contribution in [2.45, 2.75) is 27.2 Å². The number of carbonyl (C=O) groups is 1. The number of benzene rings is 1. The summed E-state index contributed by atoms with van der Waals surface area (Å²) in [7, 11) is 1.99. The third kappa shape index (κ3) is 2.74. The van der Waals surface area contributed by atoms with Gasteiger partial charge in [-0.25, -0.2) is 9.97 Å². The lowest BCUT2D eigenvalue weighted by atomic mass is 10.1. The first-order chi connectivity index (χ1) is 10.4. The summed E-state index contributed by atoms with van der Waals surface area (Å²) in [4.78, 5) is 22.1. The van der Waals surface area contributed by atoms with E-state index in [4.69, 9.17) is 0 Å². The second-order valence-electron chi connectivity index (χ2n) is 5.43. The van der Waals surface area contributed by atoms with Crippen molar-refractivity contribution in [2.24, 2.45) is 7.05 Å². The number of anilines is 1. The van der Waals surface area contributed by atoms with E-state index < -0.39 is 0 Å². The Labute approximate surface area is 133 Å². The third-order valence-electron chi connectivity index (χ3n) is 3.81. The number of nitrogens with zero attached hydrogens (tertiary/aromatic N) is 3. The van der Waals surface area contributed by atoms with E-state index in [1.807, 2.05) is 50.6 Å². The number of carbonyl (C=O) groups excluding carboxylic acids is 1. The summed E-state index contributed by atoms with van der Waals surface area (Å²) in [5, 5.41) is 3.52. The molecule has 1 aromatic carbocycles. The third-order valence-corrected chi connectivity index (χ3v) is 4.80. The van der Waals surface area contributed by atoms with Crippen LogP contribution in [0.25, 0.3) is 11.0 Å². The summed E-state index contributed by atoms with van der Waals surface area (Å²) in [6.07, 6.45) is 0.323. The zero-order chi connectivity index (χ0) is 15.9. The van der Waals surface area contributed by atoms with Crippen LogP contribution in [0.2, 0.25) is 0 Å². The van der Waals surface area contributed by atoms with Crippen molar-refractivity contribution in [1.29, 1.82) is 0 Å². The van der Waals surface area contributed by atoms with Gasteiger partial charge in [-0.05, 0) is 38.5 Å². The van der Waals surface area contributed by atoms with Gasteiger partial charge in [0.15, 0.2) is 5.13 Å². The van der Waals surface area contributed by atoms with Gasteiger partial charge in [0, 0.05) is 11.9 Å². The van der Waals surface area contributed by atoms with Crippen molar-refractivity contribution in [1.82, 2.24) is 14.5 Å². The quantitative estimate of drug-likeness (QED) is 0.808. The molecule has 1 N–H and O–H groups in total. The van der Waals surface area contributed by atoms with Crippen molar-refractivity contribution >= 4 is 33.4 Å². The molecule has 0 saturated heterocycles. The molecule has 0 bridgehead atoms. The number of amides is 1. The Bertz CT molecular complexity index is 843. The molecule has 0 spiro atoms. The van der Waals surface area contributed by atoms with Crippen LogP contribution in [0.5, 0.6) is 0 Å². The molecule has 3 rings (SSSR count). The Hall–Kier alpha value is -2.21. The van der Waals surface area contributed by atoms with Gasteiger partial charge in [0.1, 0.15) is 5.82 Å². The van der Waals surface area contributed by atoms with E-state index in [0.717, 1.165) is 33.0 Å². The maximum absolute atomic E-state index is 12.1. The fraction of sp³-hybridized carbons (Fsp3) is 0.312. The Balaban J connectivity index is 1.76. The fourth-order valence-corrected chi connectivity index (χ4v) is 3.18. The van der Waals surface area contributed by atoms with Gasteiger partial charge in [0.05, 0.1) is 23.1 Å². The van der Waals surface area contributed by atoms with Gasteiger partial charge < -0.3 is 9.88 Å². The Kier molecular flexibility index (Phi) is 3.70. The molecule has 0 saturated carbocycles. The second-order valence-corrected chi connectivity index (χ2v) is 6.63. The maximum atomic E-state index is 12.1. The predicted molar refractivity (Wildman–Crippen MR) is 89.4 cm³/mol. The lowest BCUT2D eigenvalue weighted by molar-refractivity contribution is -0.115. The van der Waals surface area contributed by atoms with Gasteiger partial charge in [-0.15, -0.1) is 11.3 Å². The Morgan fingerprint density at radius 1 is 1.27 bits per heavy atom. The second kappa shape index (κ2) is 5.53. The molecule has 0 aliphatic rings. The number of nitrogens with one attached hydrogen (secondary N) is 1. The van der Waals surface area contributed by atoms with E-state index in [0.29, 0.717) is 11.6 Å². The average Bonchev–Trinajstić information content (AvgIpc) is 2.90. The van der Waals surface area contributed by atoms with Crippen molar-refractivity contribution in [3.8, 4) is 0 Å². The minimum absolute atomic E-state index is 0.0549. The normalized spacial score (nSPS) is 11.1. The molecule has 0 radical (unpaired) electrons. The number of imidazole rings is 1. The van der Waals surface area contributed by atoms with E-state index in [1.54, 1.807) is 0 Å². The zero-order valence-corrected chi connectivity index (χ0v) is 13.9. The number of aromatic nitrogens is 3. The smallest absolute Gasteiger partial charge is 0.230 e. The molecule has 3 aromatic rings. The molecule has 6 heteroatoms. The molecule has 0 unspecified atom stereocenters. The highest BCUT2D eigenvalue weighted by atomic mass is 32.1. The first-order valence-electron chi connectivity index (χ1n) is 7.10.